The molecule has 3 nitrogen and oxygen atoms in total. The summed E-state index contributed by atoms with van der Waals surface area (Å²) in [7, 11) is 0. The van der Waals surface area contributed by atoms with E-state index in [1.54, 1.807) is 6.07 Å². The summed E-state index contributed by atoms with van der Waals surface area (Å²) in [5.41, 5.74) is 1.90. The number of benzene rings is 1. The van der Waals surface area contributed by atoms with Crippen molar-refractivity contribution in [2.75, 3.05) is 6.54 Å². The minimum atomic E-state index is -0.160. The van der Waals surface area contributed by atoms with Crippen LogP contribution in [0.2, 0.25) is 0 Å². The molecule has 1 aromatic heterocycles. The first-order chi connectivity index (χ1) is 9.45. The molecule has 0 saturated heterocycles. The molecule has 108 valence electrons. The SMILES string of the molecule is Cc1ccc2oc(C(=O)NCC(Br)CC(C)C)cc2c1. The summed E-state index contributed by atoms with van der Waals surface area (Å²) in [4.78, 5) is 12.4. The second kappa shape index (κ2) is 6.44. The van der Waals surface area contributed by atoms with Gasteiger partial charge in [-0.05, 0) is 37.5 Å². The van der Waals surface area contributed by atoms with Crippen molar-refractivity contribution < 1.29 is 9.21 Å². The lowest BCUT2D eigenvalue weighted by atomic mass is 10.1. The number of fused-ring (bicyclic) bond motifs is 1. The van der Waals surface area contributed by atoms with Gasteiger partial charge in [-0.25, -0.2) is 0 Å². The Kier molecular flexibility index (Phi) is 4.86. The van der Waals surface area contributed by atoms with Gasteiger partial charge < -0.3 is 9.73 Å². The van der Waals surface area contributed by atoms with Gasteiger partial charge in [0, 0.05) is 16.8 Å². The first-order valence-electron chi connectivity index (χ1n) is 6.88. The summed E-state index contributed by atoms with van der Waals surface area (Å²) in [5, 5.41) is 3.87. The van der Waals surface area contributed by atoms with Crippen molar-refractivity contribution >= 4 is 32.8 Å². The highest BCUT2D eigenvalue weighted by Gasteiger charge is 2.14. The van der Waals surface area contributed by atoms with Gasteiger partial charge in [0.25, 0.3) is 5.91 Å². The topological polar surface area (TPSA) is 42.2 Å². The van der Waals surface area contributed by atoms with Crippen LogP contribution in [0.1, 0.15) is 36.4 Å². The van der Waals surface area contributed by atoms with Crippen molar-refractivity contribution in [2.24, 2.45) is 5.92 Å². The van der Waals surface area contributed by atoms with Crippen LogP contribution in [-0.2, 0) is 0 Å². The number of alkyl halides is 1. The normalized spacial score (nSPS) is 12.8. The van der Waals surface area contributed by atoms with Gasteiger partial charge in [0.2, 0.25) is 0 Å². The molecular formula is C16H20BrNO2. The smallest absolute Gasteiger partial charge is 0.287 e. The lowest BCUT2D eigenvalue weighted by Gasteiger charge is -2.12. The number of hydrogen-bond donors (Lipinski definition) is 1. The minimum absolute atomic E-state index is 0.160. The highest BCUT2D eigenvalue weighted by atomic mass is 79.9. The van der Waals surface area contributed by atoms with Crippen LogP contribution < -0.4 is 5.32 Å². The fraction of sp³-hybridized carbons (Fsp3) is 0.438. The lowest BCUT2D eigenvalue weighted by molar-refractivity contribution is 0.0928. The Balaban J connectivity index is 2.00. The molecule has 0 aliphatic carbocycles. The van der Waals surface area contributed by atoms with Gasteiger partial charge in [-0.1, -0.05) is 41.4 Å². The van der Waals surface area contributed by atoms with Crippen LogP contribution in [0.5, 0.6) is 0 Å². The molecule has 0 radical (unpaired) electrons. The molecule has 2 rings (SSSR count). The summed E-state index contributed by atoms with van der Waals surface area (Å²) in [6, 6.07) is 7.68. The molecule has 0 spiro atoms. The van der Waals surface area contributed by atoms with E-state index >= 15 is 0 Å². The van der Waals surface area contributed by atoms with Crippen LogP contribution in [0.4, 0.5) is 0 Å². The zero-order valence-electron chi connectivity index (χ0n) is 12.1. The van der Waals surface area contributed by atoms with Gasteiger partial charge in [0.15, 0.2) is 5.76 Å². The van der Waals surface area contributed by atoms with Crippen molar-refractivity contribution in [2.45, 2.75) is 32.0 Å². The number of furan rings is 1. The van der Waals surface area contributed by atoms with E-state index in [9.17, 15) is 4.79 Å². The Bertz CT molecular complexity index is 604. The van der Waals surface area contributed by atoms with Crippen molar-refractivity contribution in [1.82, 2.24) is 5.32 Å². The molecule has 1 amide bonds. The average molecular weight is 338 g/mol. The fourth-order valence-corrected chi connectivity index (χ4v) is 3.07. The molecular weight excluding hydrogens is 318 g/mol. The van der Waals surface area contributed by atoms with E-state index in [1.807, 2.05) is 25.1 Å². The summed E-state index contributed by atoms with van der Waals surface area (Å²) >= 11 is 3.58. The number of amides is 1. The van der Waals surface area contributed by atoms with Gasteiger partial charge in [0.05, 0.1) is 0 Å². The molecule has 0 saturated carbocycles. The van der Waals surface area contributed by atoms with E-state index in [4.69, 9.17) is 4.42 Å². The number of carbonyl (C=O) groups excluding carboxylic acids is 1. The number of rotatable bonds is 5. The van der Waals surface area contributed by atoms with Crippen LogP contribution in [-0.4, -0.2) is 17.3 Å². The molecule has 1 N–H and O–H groups in total. The van der Waals surface area contributed by atoms with Crippen molar-refractivity contribution in [3.8, 4) is 0 Å². The maximum absolute atomic E-state index is 12.1. The Morgan fingerprint density at radius 1 is 1.35 bits per heavy atom. The van der Waals surface area contributed by atoms with Crippen LogP contribution in [0.3, 0.4) is 0 Å². The predicted molar refractivity (Wildman–Crippen MR) is 85.5 cm³/mol. The third kappa shape index (κ3) is 3.85. The molecule has 0 bridgehead atoms. The van der Waals surface area contributed by atoms with Crippen molar-refractivity contribution in [1.29, 1.82) is 0 Å². The van der Waals surface area contributed by atoms with E-state index in [1.165, 1.54) is 0 Å². The zero-order chi connectivity index (χ0) is 14.7. The Labute approximate surface area is 127 Å². The largest absolute Gasteiger partial charge is 0.451 e. The molecule has 0 aliphatic heterocycles. The Hall–Kier alpha value is -1.29. The molecule has 1 unspecified atom stereocenters. The van der Waals surface area contributed by atoms with E-state index in [2.05, 4.69) is 35.1 Å². The molecule has 4 heteroatoms. The second-order valence-corrected chi connectivity index (χ2v) is 6.88. The highest BCUT2D eigenvalue weighted by molar-refractivity contribution is 9.09. The maximum Gasteiger partial charge on any atom is 0.287 e. The van der Waals surface area contributed by atoms with Gasteiger partial charge in [0.1, 0.15) is 5.58 Å². The van der Waals surface area contributed by atoms with E-state index in [0.717, 1.165) is 23.0 Å². The third-order valence-corrected chi connectivity index (χ3v) is 3.80. The number of halogens is 1. The number of hydrogen-bond acceptors (Lipinski definition) is 2. The Morgan fingerprint density at radius 2 is 2.10 bits per heavy atom. The van der Waals surface area contributed by atoms with Crippen LogP contribution in [0.15, 0.2) is 28.7 Å². The van der Waals surface area contributed by atoms with Crippen LogP contribution in [0.25, 0.3) is 11.0 Å². The van der Waals surface area contributed by atoms with Gasteiger partial charge >= 0.3 is 0 Å². The summed E-state index contributed by atoms with van der Waals surface area (Å²) < 4.78 is 5.57. The molecule has 1 heterocycles. The van der Waals surface area contributed by atoms with Gasteiger partial charge in [-0.15, -0.1) is 0 Å². The maximum atomic E-state index is 12.1. The first kappa shape index (κ1) is 15.1. The second-order valence-electron chi connectivity index (χ2n) is 5.59. The third-order valence-electron chi connectivity index (χ3n) is 3.11. The molecule has 0 fully saturated rings. The first-order valence-corrected chi connectivity index (χ1v) is 7.79. The number of carbonyl (C=O) groups is 1. The highest BCUT2D eigenvalue weighted by Crippen LogP contribution is 2.20. The standard InChI is InChI=1S/C16H20BrNO2/c1-10(2)6-13(17)9-18-16(19)15-8-12-7-11(3)4-5-14(12)20-15/h4-5,7-8,10,13H,6,9H2,1-3H3,(H,18,19). The van der Waals surface area contributed by atoms with E-state index < -0.39 is 0 Å². The fourth-order valence-electron chi connectivity index (χ4n) is 2.16. The summed E-state index contributed by atoms with van der Waals surface area (Å²) in [6.45, 7) is 6.95. The monoisotopic (exact) mass is 337 g/mol. The predicted octanol–water partition coefficient (Wildman–Crippen LogP) is 4.28. The van der Waals surface area contributed by atoms with Crippen LogP contribution >= 0.6 is 15.9 Å². The molecule has 1 atom stereocenters. The minimum Gasteiger partial charge on any atom is -0.451 e. The van der Waals surface area contributed by atoms with Crippen molar-refractivity contribution in [3.63, 3.8) is 0 Å². The van der Waals surface area contributed by atoms with Gasteiger partial charge in [-0.3, -0.25) is 4.79 Å². The molecule has 2 aromatic rings. The summed E-state index contributed by atoms with van der Waals surface area (Å²) in [6.07, 6.45) is 1.03. The van der Waals surface area contributed by atoms with E-state index in [-0.39, 0.29) is 10.7 Å². The molecule has 0 aliphatic rings. The quantitative estimate of drug-likeness (QED) is 0.827. The lowest BCUT2D eigenvalue weighted by Crippen LogP contribution is -2.29. The number of nitrogens with one attached hydrogen (secondary N) is 1. The molecule has 1 aromatic carbocycles. The van der Waals surface area contributed by atoms with Crippen molar-refractivity contribution in [3.05, 3.63) is 35.6 Å². The summed E-state index contributed by atoms with van der Waals surface area (Å²) in [5.74, 6) is 0.812. The van der Waals surface area contributed by atoms with Gasteiger partial charge in [-0.2, -0.15) is 0 Å². The zero-order valence-corrected chi connectivity index (χ0v) is 13.7. The van der Waals surface area contributed by atoms with Crippen LogP contribution in [0, 0.1) is 12.8 Å². The average Bonchev–Trinajstić information content (AvgIpc) is 2.78. The Morgan fingerprint density at radius 3 is 2.80 bits per heavy atom. The number of aryl methyl sites for hydroxylation is 1. The van der Waals surface area contributed by atoms with E-state index in [0.29, 0.717) is 18.2 Å². The molecule has 20 heavy (non-hydrogen) atoms.